The molecule has 1 aromatic heterocycles. The molecule has 1 aliphatic heterocycles. The number of aliphatic hydroxyl groups excluding tert-OH is 2. The molecule has 0 unspecified atom stereocenters. The Balaban J connectivity index is 0.00000363. The Morgan fingerprint density at radius 1 is 1.25 bits per heavy atom. The van der Waals surface area contributed by atoms with E-state index in [4.69, 9.17) is 13.9 Å². The van der Waals surface area contributed by atoms with E-state index < -0.39 is 59.2 Å². The molecule has 0 spiro atoms. The molecular weight excluding hydrogens is 477 g/mol. The average molecular weight is 498 g/mol. The molecule has 14 heteroatoms. The number of fused-ring (bicyclic) bond motifs is 1. The second-order valence-electron chi connectivity index (χ2n) is 6.97. The summed E-state index contributed by atoms with van der Waals surface area (Å²) in [6.45, 7) is 2.01. The van der Waals surface area contributed by atoms with Crippen molar-refractivity contribution in [2.24, 2.45) is 0 Å². The Labute approximate surface area is 225 Å². The van der Waals surface area contributed by atoms with Crippen molar-refractivity contribution >= 4 is 27.3 Å². The van der Waals surface area contributed by atoms with Crippen LogP contribution in [0, 0.1) is 6.92 Å². The van der Waals surface area contributed by atoms with Crippen molar-refractivity contribution in [3.8, 4) is 5.75 Å². The Bertz CT molecular complexity index is 1140. The van der Waals surface area contributed by atoms with Crippen molar-refractivity contribution in [3.63, 3.8) is 0 Å². The van der Waals surface area contributed by atoms with Crippen molar-refractivity contribution in [1.29, 1.82) is 0 Å². The number of aryl methyl sites for hydroxylation is 1. The molecule has 1 aromatic carbocycles. The predicted molar refractivity (Wildman–Crippen MR) is 102 cm³/mol. The van der Waals surface area contributed by atoms with Gasteiger partial charge in [0, 0.05) is 24.4 Å². The van der Waals surface area contributed by atoms with Crippen molar-refractivity contribution in [2.75, 3.05) is 6.61 Å². The van der Waals surface area contributed by atoms with Crippen LogP contribution in [0.15, 0.2) is 33.5 Å². The monoisotopic (exact) mass is 497 g/mol. The molecule has 1 amide bonds. The van der Waals surface area contributed by atoms with Crippen LogP contribution in [0.4, 0.5) is 0 Å². The van der Waals surface area contributed by atoms with Crippen LogP contribution in [0.25, 0.3) is 11.0 Å². The molecule has 2 aromatic rings. The number of nitrogens with one attached hydrogen (secondary N) is 1. The van der Waals surface area contributed by atoms with Crippen molar-refractivity contribution in [1.82, 2.24) is 5.32 Å². The van der Waals surface area contributed by atoms with Crippen LogP contribution in [-0.4, -0.2) is 66.3 Å². The van der Waals surface area contributed by atoms with E-state index in [2.05, 4.69) is 9.50 Å². The number of carbonyl (C=O) groups excluding carboxylic acids is 1. The summed E-state index contributed by atoms with van der Waals surface area (Å²) < 4.78 is 52.6. The summed E-state index contributed by atoms with van der Waals surface area (Å²) in [6, 6.07) is 4.60. The van der Waals surface area contributed by atoms with Gasteiger partial charge in [0.1, 0.15) is 35.7 Å². The topological polar surface area (TPSA) is 185 Å². The van der Waals surface area contributed by atoms with Crippen molar-refractivity contribution in [3.05, 3.63) is 40.2 Å². The Morgan fingerprint density at radius 2 is 1.94 bits per heavy atom. The predicted octanol–water partition coefficient (Wildman–Crippen LogP) is -4.09. The van der Waals surface area contributed by atoms with E-state index in [0.29, 0.717) is 10.9 Å². The van der Waals surface area contributed by atoms with Gasteiger partial charge in [0.15, 0.2) is 0 Å². The van der Waals surface area contributed by atoms with E-state index in [1.807, 2.05) is 0 Å². The first kappa shape index (κ1) is 27.3. The maximum absolute atomic E-state index is 11.6. The van der Waals surface area contributed by atoms with E-state index >= 15 is 0 Å². The summed E-state index contributed by atoms with van der Waals surface area (Å²) in [7, 11) is -5.08. The summed E-state index contributed by atoms with van der Waals surface area (Å²) in [5.41, 5.74) is 0.325. The molecule has 3 N–H and O–H groups in total. The molecular formula is C18H20KNO11S. The molecule has 0 radical (unpaired) electrons. The second kappa shape index (κ2) is 11.0. The van der Waals surface area contributed by atoms with Crippen LogP contribution >= 0.6 is 0 Å². The molecule has 0 aliphatic carbocycles. The SMILES string of the molecule is CC(=O)N[C@H]1[C@H](Oc2ccc3c(C)cc(=O)oc3c2)O[C@H](COS(=O)(=O)[O-])[C@H](O)[C@@H]1O.[K+]. The third-order valence-electron chi connectivity index (χ3n) is 4.62. The van der Waals surface area contributed by atoms with Crippen LogP contribution in [0.3, 0.4) is 0 Å². The minimum atomic E-state index is -5.08. The van der Waals surface area contributed by atoms with Crippen molar-refractivity contribution in [2.45, 2.75) is 44.5 Å². The molecule has 1 saturated heterocycles. The first-order valence-corrected chi connectivity index (χ1v) is 10.4. The number of ether oxygens (including phenoxy) is 2. The quantitative estimate of drug-likeness (QED) is 0.153. The van der Waals surface area contributed by atoms with Gasteiger partial charge in [-0.3, -0.25) is 8.98 Å². The molecule has 1 fully saturated rings. The second-order valence-corrected chi connectivity index (χ2v) is 8.02. The molecule has 5 atom stereocenters. The van der Waals surface area contributed by atoms with Gasteiger partial charge in [-0.1, -0.05) is 0 Å². The molecule has 1 aliphatic rings. The minimum absolute atomic E-state index is 0. The normalized spacial score (nSPS) is 25.7. The number of carbonyl (C=O) groups is 1. The van der Waals surface area contributed by atoms with E-state index in [9.17, 15) is 32.8 Å². The van der Waals surface area contributed by atoms with Crippen molar-refractivity contribution < 1.29 is 97.4 Å². The Morgan fingerprint density at radius 3 is 2.56 bits per heavy atom. The first-order valence-electron chi connectivity index (χ1n) is 9.05. The zero-order valence-corrected chi connectivity index (χ0v) is 21.3. The van der Waals surface area contributed by atoms with Gasteiger partial charge in [0.25, 0.3) is 0 Å². The fourth-order valence-electron chi connectivity index (χ4n) is 3.22. The summed E-state index contributed by atoms with van der Waals surface area (Å²) >= 11 is 0. The number of benzene rings is 1. The fraction of sp³-hybridized carbons (Fsp3) is 0.444. The van der Waals surface area contributed by atoms with E-state index in [1.165, 1.54) is 25.1 Å². The van der Waals surface area contributed by atoms with Gasteiger partial charge in [-0.25, -0.2) is 13.2 Å². The van der Waals surface area contributed by atoms with Gasteiger partial charge in [0.2, 0.25) is 22.6 Å². The third-order valence-corrected chi connectivity index (χ3v) is 5.05. The van der Waals surface area contributed by atoms with Gasteiger partial charge in [0.05, 0.1) is 6.61 Å². The smallest absolute Gasteiger partial charge is 0.726 e. The van der Waals surface area contributed by atoms with E-state index in [1.54, 1.807) is 13.0 Å². The third kappa shape index (κ3) is 6.80. The summed E-state index contributed by atoms with van der Waals surface area (Å²) in [6.07, 6.45) is -6.23. The van der Waals surface area contributed by atoms with Gasteiger partial charge < -0.3 is 34.0 Å². The standard InChI is InChI=1S/C18H21NO11S.K/c1-8-5-14(21)29-12-6-10(3-4-11(8)12)28-18-15(19-9(2)20)17(23)16(22)13(30-18)7-27-31(24,25)26;/h3-6,13,15-18,22-23H,7H2,1-2H3,(H,19,20)(H,24,25,26);/q;+1/p-1/t13-,15-,16+,17-,18-;/m1./s1. The van der Waals surface area contributed by atoms with Crippen LogP contribution in [0.2, 0.25) is 0 Å². The first-order chi connectivity index (χ1) is 14.4. The van der Waals surface area contributed by atoms with Crippen LogP contribution < -0.4 is 67.1 Å². The molecule has 0 saturated carbocycles. The van der Waals surface area contributed by atoms with Crippen LogP contribution in [-0.2, 0) is 24.1 Å². The molecule has 3 rings (SSSR count). The van der Waals surface area contributed by atoms with Crippen LogP contribution in [0.1, 0.15) is 12.5 Å². The zero-order chi connectivity index (χ0) is 22.9. The average Bonchev–Trinajstić information content (AvgIpc) is 2.65. The summed E-state index contributed by atoms with van der Waals surface area (Å²) in [4.78, 5) is 23.2. The maximum Gasteiger partial charge on any atom is 1.00 e. The largest absolute Gasteiger partial charge is 1.00 e. The number of amides is 1. The van der Waals surface area contributed by atoms with Crippen LogP contribution in [0.5, 0.6) is 5.75 Å². The number of rotatable bonds is 6. The molecule has 2 heterocycles. The maximum atomic E-state index is 11.6. The Hall–Kier alpha value is -0.914. The molecule has 170 valence electrons. The number of aliphatic hydroxyl groups is 2. The van der Waals surface area contributed by atoms with Gasteiger partial charge in [-0.15, -0.1) is 0 Å². The summed E-state index contributed by atoms with van der Waals surface area (Å²) in [5.74, 6) is -0.438. The Kier molecular flexibility index (Phi) is 9.40. The summed E-state index contributed by atoms with van der Waals surface area (Å²) in [5, 5.41) is 23.6. The zero-order valence-electron chi connectivity index (χ0n) is 17.4. The molecule has 32 heavy (non-hydrogen) atoms. The van der Waals surface area contributed by atoms with Gasteiger partial charge in [-0.2, -0.15) is 0 Å². The van der Waals surface area contributed by atoms with Gasteiger partial charge >= 0.3 is 57.0 Å². The minimum Gasteiger partial charge on any atom is -0.726 e. The van der Waals surface area contributed by atoms with Gasteiger partial charge in [-0.05, 0) is 24.6 Å². The van der Waals surface area contributed by atoms with E-state index in [0.717, 1.165) is 0 Å². The molecule has 12 nitrogen and oxygen atoms in total. The van der Waals surface area contributed by atoms with E-state index in [-0.39, 0.29) is 62.7 Å². The number of hydrogen-bond acceptors (Lipinski definition) is 11. The fourth-order valence-corrected chi connectivity index (χ4v) is 3.52. The number of hydrogen-bond donors (Lipinski definition) is 3. The molecule has 0 bridgehead atoms.